The standard InChI is InChI=1S/C56H112N2O4/c1-7-12-16-20-23-25-26-28-31-37-43-55(42-36-30-27-24-21-17-13-8-2)52-62-56(60)44-46-58(48-47-57(11-5)49-50-59)45-38-32-33-39-53(6)61-51-54(40-34-19-15-10-4)41-35-29-22-18-14-9-3/h54-55,59H,6-52H2,1-5H3. The Hall–Kier alpha value is -1.11. The lowest BCUT2D eigenvalue weighted by Gasteiger charge is -2.26. The Morgan fingerprint density at radius 3 is 1.21 bits per heavy atom. The van der Waals surface area contributed by atoms with Crippen molar-refractivity contribution in [2.45, 2.75) is 272 Å². The molecule has 6 nitrogen and oxygen atoms in total. The summed E-state index contributed by atoms with van der Waals surface area (Å²) >= 11 is 0. The Morgan fingerprint density at radius 2 is 0.790 bits per heavy atom. The summed E-state index contributed by atoms with van der Waals surface area (Å²) in [5.74, 6) is 2.09. The molecule has 0 fully saturated rings. The average molecular weight is 878 g/mol. The highest BCUT2D eigenvalue weighted by molar-refractivity contribution is 5.69. The topological polar surface area (TPSA) is 62.2 Å². The van der Waals surface area contributed by atoms with Crippen molar-refractivity contribution in [2.75, 3.05) is 59.1 Å². The van der Waals surface area contributed by atoms with Crippen molar-refractivity contribution in [1.29, 1.82) is 0 Å². The number of hydrogen-bond donors (Lipinski definition) is 1. The maximum Gasteiger partial charge on any atom is 0.307 e. The number of allylic oxidation sites excluding steroid dienone is 1. The van der Waals surface area contributed by atoms with Gasteiger partial charge in [-0.2, -0.15) is 0 Å². The van der Waals surface area contributed by atoms with Crippen molar-refractivity contribution in [1.82, 2.24) is 9.80 Å². The van der Waals surface area contributed by atoms with Crippen LogP contribution in [0.1, 0.15) is 272 Å². The Bertz CT molecular complexity index is 914. The summed E-state index contributed by atoms with van der Waals surface area (Å²) < 4.78 is 12.4. The lowest BCUT2D eigenvalue weighted by atomic mass is 9.94. The Balaban J connectivity index is 4.90. The molecule has 6 heteroatoms. The van der Waals surface area contributed by atoms with Crippen LogP contribution >= 0.6 is 0 Å². The molecule has 0 aliphatic heterocycles. The lowest BCUT2D eigenvalue weighted by molar-refractivity contribution is -0.145. The van der Waals surface area contributed by atoms with Crippen LogP contribution in [0.15, 0.2) is 12.3 Å². The molecule has 0 radical (unpaired) electrons. The van der Waals surface area contributed by atoms with Crippen molar-refractivity contribution >= 4 is 5.97 Å². The van der Waals surface area contributed by atoms with Gasteiger partial charge in [-0.05, 0) is 63.5 Å². The molecule has 62 heavy (non-hydrogen) atoms. The highest BCUT2D eigenvalue weighted by Gasteiger charge is 2.16. The second-order valence-electron chi connectivity index (χ2n) is 19.5. The van der Waals surface area contributed by atoms with Crippen LogP contribution in [0.2, 0.25) is 0 Å². The highest BCUT2D eigenvalue weighted by atomic mass is 16.5. The summed E-state index contributed by atoms with van der Waals surface area (Å²) in [4.78, 5) is 18.0. The largest absolute Gasteiger partial charge is 0.498 e. The van der Waals surface area contributed by atoms with E-state index in [1.54, 1.807) is 0 Å². The van der Waals surface area contributed by atoms with Crippen LogP contribution in [0.5, 0.6) is 0 Å². The van der Waals surface area contributed by atoms with Crippen LogP contribution in [0, 0.1) is 11.8 Å². The van der Waals surface area contributed by atoms with Gasteiger partial charge in [0.2, 0.25) is 0 Å². The normalized spacial score (nSPS) is 12.7. The van der Waals surface area contributed by atoms with E-state index in [-0.39, 0.29) is 12.6 Å². The average Bonchev–Trinajstić information content (AvgIpc) is 3.28. The van der Waals surface area contributed by atoms with Gasteiger partial charge in [0, 0.05) is 32.6 Å². The fraction of sp³-hybridized carbons (Fsp3) is 0.946. The third-order valence-corrected chi connectivity index (χ3v) is 13.5. The number of nitrogens with zero attached hydrogens (tertiary/aromatic N) is 2. The van der Waals surface area contributed by atoms with Crippen LogP contribution < -0.4 is 0 Å². The van der Waals surface area contributed by atoms with Crippen molar-refractivity contribution in [3.63, 3.8) is 0 Å². The maximum absolute atomic E-state index is 13.2. The molecule has 0 aromatic heterocycles. The summed E-state index contributed by atoms with van der Waals surface area (Å²) in [6, 6.07) is 0. The molecule has 2 unspecified atom stereocenters. The minimum Gasteiger partial charge on any atom is -0.498 e. The first-order chi connectivity index (χ1) is 30.4. The number of hydrogen-bond acceptors (Lipinski definition) is 6. The molecule has 0 spiro atoms. The molecule has 370 valence electrons. The molecule has 1 N–H and O–H groups in total. The van der Waals surface area contributed by atoms with Crippen LogP contribution in [0.25, 0.3) is 0 Å². The summed E-state index contributed by atoms with van der Waals surface area (Å²) in [5, 5.41) is 9.58. The van der Waals surface area contributed by atoms with E-state index in [0.717, 1.165) is 70.8 Å². The van der Waals surface area contributed by atoms with E-state index in [1.165, 1.54) is 205 Å². The molecule has 0 aliphatic rings. The van der Waals surface area contributed by atoms with Gasteiger partial charge in [0.15, 0.2) is 0 Å². The molecule has 0 saturated heterocycles. The predicted molar refractivity (Wildman–Crippen MR) is 272 cm³/mol. The van der Waals surface area contributed by atoms with Crippen molar-refractivity contribution in [3.8, 4) is 0 Å². The Labute approximate surface area is 389 Å². The third-order valence-electron chi connectivity index (χ3n) is 13.5. The minimum atomic E-state index is -0.0321. The van der Waals surface area contributed by atoms with Gasteiger partial charge < -0.3 is 24.4 Å². The predicted octanol–water partition coefficient (Wildman–Crippen LogP) is 16.4. The van der Waals surface area contributed by atoms with E-state index in [9.17, 15) is 9.90 Å². The smallest absolute Gasteiger partial charge is 0.307 e. The quantitative estimate of drug-likeness (QED) is 0.0373. The van der Waals surface area contributed by atoms with E-state index in [4.69, 9.17) is 9.47 Å². The SMILES string of the molecule is C=C(CCCCCN(CCC(=O)OCC(CCCCCCCCCC)CCCCCCCCCCCC)CCN(CC)CCO)OCC(CCCCCC)CCCCCCCC. The lowest BCUT2D eigenvalue weighted by Crippen LogP contribution is -2.38. The second-order valence-corrected chi connectivity index (χ2v) is 19.5. The number of carbonyl (C=O) groups is 1. The number of esters is 1. The van der Waals surface area contributed by atoms with Gasteiger partial charge in [0.1, 0.15) is 0 Å². The van der Waals surface area contributed by atoms with E-state index in [1.807, 2.05) is 0 Å². The molecular formula is C56H112N2O4. The Morgan fingerprint density at radius 1 is 0.419 bits per heavy atom. The molecule has 2 atom stereocenters. The summed E-state index contributed by atoms with van der Waals surface area (Å²) in [6.07, 6.45) is 47.5. The summed E-state index contributed by atoms with van der Waals surface area (Å²) in [6.45, 7) is 22.4. The highest BCUT2D eigenvalue weighted by Crippen LogP contribution is 2.23. The van der Waals surface area contributed by atoms with Gasteiger partial charge in [0.05, 0.1) is 32.0 Å². The van der Waals surface area contributed by atoms with Crippen molar-refractivity contribution in [2.24, 2.45) is 11.8 Å². The molecule has 0 amide bonds. The van der Waals surface area contributed by atoms with Crippen LogP contribution in [-0.4, -0.2) is 80.0 Å². The molecule has 0 aromatic rings. The fourth-order valence-electron chi connectivity index (χ4n) is 9.04. The van der Waals surface area contributed by atoms with Gasteiger partial charge in [0.25, 0.3) is 0 Å². The number of carbonyl (C=O) groups excluding carboxylic acids is 1. The number of rotatable bonds is 52. The molecule has 0 bridgehead atoms. The third kappa shape index (κ3) is 42.8. The Kier molecular flexibility index (Phi) is 48.4. The number of unbranched alkanes of at least 4 members (excludes halogenated alkanes) is 26. The van der Waals surface area contributed by atoms with E-state index >= 15 is 0 Å². The van der Waals surface area contributed by atoms with E-state index < -0.39 is 0 Å². The number of ether oxygens (including phenoxy) is 2. The van der Waals surface area contributed by atoms with Crippen LogP contribution in [-0.2, 0) is 14.3 Å². The van der Waals surface area contributed by atoms with Crippen LogP contribution in [0.3, 0.4) is 0 Å². The summed E-state index contributed by atoms with van der Waals surface area (Å²) in [5.41, 5.74) is 0. The second kappa shape index (κ2) is 49.3. The first-order valence-corrected chi connectivity index (χ1v) is 27.9. The molecule has 0 heterocycles. The molecular weight excluding hydrogens is 765 g/mol. The van der Waals surface area contributed by atoms with Gasteiger partial charge in [-0.25, -0.2) is 0 Å². The maximum atomic E-state index is 13.2. The molecule has 0 aromatic carbocycles. The molecule has 0 aliphatic carbocycles. The van der Waals surface area contributed by atoms with Gasteiger partial charge in [-0.3, -0.25) is 4.79 Å². The number of aliphatic hydroxyl groups is 1. The van der Waals surface area contributed by atoms with Crippen molar-refractivity contribution < 1.29 is 19.4 Å². The van der Waals surface area contributed by atoms with E-state index in [0.29, 0.717) is 31.4 Å². The first kappa shape index (κ1) is 60.9. The molecule has 0 rings (SSSR count). The van der Waals surface area contributed by atoms with Crippen LogP contribution in [0.4, 0.5) is 0 Å². The zero-order valence-electron chi connectivity index (χ0n) is 43.0. The van der Waals surface area contributed by atoms with Gasteiger partial charge in [-0.1, -0.05) is 227 Å². The van der Waals surface area contributed by atoms with Gasteiger partial charge >= 0.3 is 5.97 Å². The van der Waals surface area contributed by atoms with E-state index in [2.05, 4.69) is 51.0 Å². The fourth-order valence-corrected chi connectivity index (χ4v) is 9.04. The number of likely N-dealkylation sites (N-methyl/N-ethyl adjacent to an activating group) is 1. The zero-order valence-corrected chi connectivity index (χ0v) is 43.0. The number of aliphatic hydroxyl groups excluding tert-OH is 1. The zero-order chi connectivity index (χ0) is 45.4. The molecule has 0 saturated carbocycles. The summed E-state index contributed by atoms with van der Waals surface area (Å²) in [7, 11) is 0. The van der Waals surface area contributed by atoms with Crippen molar-refractivity contribution in [3.05, 3.63) is 12.3 Å². The first-order valence-electron chi connectivity index (χ1n) is 27.9. The minimum absolute atomic E-state index is 0.0321. The monoisotopic (exact) mass is 877 g/mol. The van der Waals surface area contributed by atoms with Gasteiger partial charge in [-0.15, -0.1) is 0 Å².